The van der Waals surface area contributed by atoms with E-state index in [0.717, 1.165) is 0 Å². The lowest BCUT2D eigenvalue weighted by Gasteiger charge is -2.34. The maximum atomic E-state index is 8.99. The Kier molecular flexibility index (Phi) is 10.3. The lowest BCUT2D eigenvalue weighted by atomic mass is 10.4. The first-order valence-electron chi connectivity index (χ1n) is 5.76. The van der Waals surface area contributed by atoms with Crippen molar-refractivity contribution >= 4 is 0 Å². The SMILES string of the molecule is C=CCOCCO[N+](CCO)(CCO)CCO. The second-order valence-corrected chi connectivity index (χ2v) is 3.60. The van der Waals surface area contributed by atoms with Crippen LogP contribution in [-0.4, -0.2) is 79.2 Å². The molecule has 102 valence electrons. The summed E-state index contributed by atoms with van der Waals surface area (Å²) in [5.74, 6) is 0. The van der Waals surface area contributed by atoms with Gasteiger partial charge >= 0.3 is 0 Å². The Labute approximate surface area is 102 Å². The van der Waals surface area contributed by atoms with Crippen molar-refractivity contribution in [2.75, 3.05) is 59.3 Å². The van der Waals surface area contributed by atoms with E-state index in [1.165, 1.54) is 0 Å². The maximum absolute atomic E-state index is 8.99. The normalized spacial score (nSPS) is 11.7. The standard InChI is InChI=1S/C11H24NO5/c1-2-9-16-10-11-17-12(3-6-13,4-7-14)5-8-15/h2,13-15H,1,3-11H2/q+1. The molecule has 6 nitrogen and oxygen atoms in total. The second kappa shape index (κ2) is 10.6. The third kappa shape index (κ3) is 7.43. The van der Waals surface area contributed by atoms with Crippen molar-refractivity contribution in [3.05, 3.63) is 12.7 Å². The zero-order chi connectivity index (χ0) is 13.0. The topological polar surface area (TPSA) is 79.2 Å². The summed E-state index contributed by atoms with van der Waals surface area (Å²) in [6, 6.07) is 0. The number of ether oxygens (including phenoxy) is 1. The predicted molar refractivity (Wildman–Crippen MR) is 63.1 cm³/mol. The van der Waals surface area contributed by atoms with Crippen LogP contribution in [0.15, 0.2) is 12.7 Å². The fraction of sp³-hybridized carbons (Fsp3) is 0.818. The van der Waals surface area contributed by atoms with E-state index in [-0.39, 0.29) is 24.5 Å². The molecule has 0 aromatic carbocycles. The van der Waals surface area contributed by atoms with Gasteiger partial charge in [0.25, 0.3) is 0 Å². The summed E-state index contributed by atoms with van der Waals surface area (Å²) >= 11 is 0. The van der Waals surface area contributed by atoms with Crippen LogP contribution in [0.25, 0.3) is 0 Å². The first-order valence-corrected chi connectivity index (χ1v) is 5.76. The molecular formula is C11H24NO5+. The lowest BCUT2D eigenvalue weighted by molar-refractivity contribution is -1.10. The molecule has 6 heteroatoms. The van der Waals surface area contributed by atoms with Crippen molar-refractivity contribution in [1.29, 1.82) is 0 Å². The van der Waals surface area contributed by atoms with Crippen LogP contribution in [0, 0.1) is 0 Å². The first-order chi connectivity index (χ1) is 8.24. The molecule has 0 fully saturated rings. The number of aliphatic hydroxyl groups excluding tert-OH is 3. The third-order valence-corrected chi connectivity index (χ3v) is 2.35. The highest BCUT2D eigenvalue weighted by molar-refractivity contribution is 4.63. The molecule has 0 amide bonds. The first kappa shape index (κ1) is 16.5. The fourth-order valence-electron chi connectivity index (χ4n) is 1.53. The van der Waals surface area contributed by atoms with Crippen LogP contribution in [0.3, 0.4) is 0 Å². The molecule has 0 rings (SSSR count). The Hall–Kier alpha value is -0.500. The quantitative estimate of drug-likeness (QED) is 0.178. The molecule has 0 saturated heterocycles. The highest BCUT2D eigenvalue weighted by Gasteiger charge is 2.28. The van der Waals surface area contributed by atoms with Crippen LogP contribution in [0.2, 0.25) is 0 Å². The van der Waals surface area contributed by atoms with Crippen molar-refractivity contribution in [3.8, 4) is 0 Å². The predicted octanol–water partition coefficient (Wildman–Crippen LogP) is -1.09. The third-order valence-electron chi connectivity index (χ3n) is 2.35. The van der Waals surface area contributed by atoms with Gasteiger partial charge in [0.05, 0.1) is 33.0 Å². The van der Waals surface area contributed by atoms with Gasteiger partial charge in [0.2, 0.25) is 0 Å². The number of hydroxylamine groups is 3. The largest absolute Gasteiger partial charge is 0.390 e. The van der Waals surface area contributed by atoms with Gasteiger partial charge in [0.1, 0.15) is 26.2 Å². The van der Waals surface area contributed by atoms with Crippen LogP contribution in [0.1, 0.15) is 0 Å². The van der Waals surface area contributed by atoms with Crippen LogP contribution in [0.5, 0.6) is 0 Å². The average Bonchev–Trinajstić information content (AvgIpc) is 2.30. The van der Waals surface area contributed by atoms with E-state index in [1.807, 2.05) is 0 Å². The summed E-state index contributed by atoms with van der Waals surface area (Å²) in [6.45, 7) is 5.56. The number of quaternary nitrogens is 1. The zero-order valence-electron chi connectivity index (χ0n) is 10.3. The van der Waals surface area contributed by atoms with E-state index in [2.05, 4.69) is 6.58 Å². The molecule has 0 saturated carbocycles. The molecular weight excluding hydrogens is 226 g/mol. The minimum absolute atomic E-state index is 0.0426. The van der Waals surface area contributed by atoms with E-state index in [4.69, 9.17) is 24.9 Å². The summed E-state index contributed by atoms with van der Waals surface area (Å²) in [6.07, 6.45) is 1.65. The molecule has 0 radical (unpaired) electrons. The molecule has 3 N–H and O–H groups in total. The monoisotopic (exact) mass is 250 g/mol. The average molecular weight is 250 g/mol. The minimum atomic E-state index is -0.0620. The van der Waals surface area contributed by atoms with Gasteiger partial charge in [-0.3, -0.25) is 0 Å². The van der Waals surface area contributed by atoms with Crippen LogP contribution in [0.4, 0.5) is 0 Å². The van der Waals surface area contributed by atoms with Gasteiger partial charge in [-0.15, -0.1) is 6.58 Å². The molecule has 0 bridgehead atoms. The van der Waals surface area contributed by atoms with Gasteiger partial charge in [-0.05, 0) is 0 Å². The van der Waals surface area contributed by atoms with Crippen molar-refractivity contribution in [2.45, 2.75) is 0 Å². The second-order valence-electron chi connectivity index (χ2n) is 3.60. The Balaban J connectivity index is 4.08. The van der Waals surface area contributed by atoms with Gasteiger partial charge in [0.15, 0.2) is 0 Å². The molecule has 0 unspecified atom stereocenters. The highest BCUT2D eigenvalue weighted by Crippen LogP contribution is 2.07. The van der Waals surface area contributed by atoms with E-state index in [1.54, 1.807) is 6.08 Å². The molecule has 0 atom stereocenters. The summed E-state index contributed by atoms with van der Waals surface area (Å²) in [7, 11) is 0. The van der Waals surface area contributed by atoms with Gasteiger partial charge in [-0.2, -0.15) is 4.65 Å². The van der Waals surface area contributed by atoms with Crippen molar-refractivity contribution in [3.63, 3.8) is 0 Å². The Morgan fingerprint density at radius 1 is 0.941 bits per heavy atom. The van der Waals surface area contributed by atoms with E-state index >= 15 is 0 Å². The highest BCUT2D eigenvalue weighted by atomic mass is 16.7. The number of hydrogen-bond acceptors (Lipinski definition) is 5. The zero-order valence-corrected chi connectivity index (χ0v) is 10.3. The Morgan fingerprint density at radius 3 is 1.88 bits per heavy atom. The Morgan fingerprint density at radius 2 is 1.47 bits per heavy atom. The molecule has 0 heterocycles. The lowest BCUT2D eigenvalue weighted by Crippen LogP contribution is -2.53. The minimum Gasteiger partial charge on any atom is -0.390 e. The van der Waals surface area contributed by atoms with Crippen molar-refractivity contribution in [2.24, 2.45) is 0 Å². The summed E-state index contributed by atoms with van der Waals surface area (Å²) in [5.41, 5.74) is 0. The number of aliphatic hydroxyl groups is 3. The summed E-state index contributed by atoms with van der Waals surface area (Å²) in [5, 5.41) is 27.0. The summed E-state index contributed by atoms with van der Waals surface area (Å²) < 4.78 is 5.21. The molecule has 0 aromatic heterocycles. The van der Waals surface area contributed by atoms with E-state index in [0.29, 0.717) is 39.5 Å². The van der Waals surface area contributed by atoms with Gasteiger partial charge in [0, 0.05) is 0 Å². The van der Waals surface area contributed by atoms with E-state index < -0.39 is 0 Å². The molecule has 0 spiro atoms. The molecule has 0 aliphatic heterocycles. The van der Waals surface area contributed by atoms with Crippen molar-refractivity contribution in [1.82, 2.24) is 0 Å². The molecule has 17 heavy (non-hydrogen) atoms. The van der Waals surface area contributed by atoms with Gasteiger partial charge < -0.3 is 20.1 Å². The fourth-order valence-corrected chi connectivity index (χ4v) is 1.53. The van der Waals surface area contributed by atoms with Crippen LogP contribution < -0.4 is 0 Å². The summed E-state index contributed by atoms with van der Waals surface area (Å²) in [4.78, 5) is 5.60. The Bertz CT molecular complexity index is 172. The number of nitrogens with zero attached hydrogens (tertiary/aromatic N) is 1. The van der Waals surface area contributed by atoms with Gasteiger partial charge in [-0.25, -0.2) is 4.84 Å². The smallest absolute Gasteiger partial charge is 0.132 e. The van der Waals surface area contributed by atoms with Crippen LogP contribution in [-0.2, 0) is 9.57 Å². The van der Waals surface area contributed by atoms with Crippen LogP contribution >= 0.6 is 0 Å². The van der Waals surface area contributed by atoms with E-state index in [9.17, 15) is 0 Å². The molecule has 0 aromatic rings. The van der Waals surface area contributed by atoms with Gasteiger partial charge in [-0.1, -0.05) is 6.08 Å². The van der Waals surface area contributed by atoms with Crippen molar-refractivity contribution < 1.29 is 29.5 Å². The molecule has 0 aliphatic carbocycles. The molecule has 0 aliphatic rings. The maximum Gasteiger partial charge on any atom is 0.132 e. The number of rotatable bonds is 12. The number of hydrogen-bond donors (Lipinski definition) is 3.